The zero-order valence-electron chi connectivity index (χ0n) is 11.9. The van der Waals surface area contributed by atoms with Crippen LogP contribution in [0, 0.1) is 13.8 Å². The summed E-state index contributed by atoms with van der Waals surface area (Å²) in [6, 6.07) is 7.83. The predicted octanol–water partition coefficient (Wildman–Crippen LogP) is 2.67. The van der Waals surface area contributed by atoms with Gasteiger partial charge in [-0.2, -0.15) is 0 Å². The second kappa shape index (κ2) is 5.41. The van der Waals surface area contributed by atoms with Crippen LogP contribution in [-0.2, 0) is 9.59 Å². The topological polar surface area (TPSA) is 59.1 Å². The third kappa shape index (κ3) is 2.61. The minimum Gasteiger partial charge on any atom is -0.296 e. The average Bonchev–Trinajstić information content (AvgIpc) is 2.86. The molecule has 2 heterocycles. The molecule has 1 saturated heterocycles. The fourth-order valence-electron chi connectivity index (χ4n) is 2.89. The van der Waals surface area contributed by atoms with E-state index < -0.39 is 0 Å². The molecule has 2 amide bonds. The molecule has 1 aromatic heterocycles. The highest BCUT2D eigenvalue weighted by molar-refractivity contribution is 7.09. The van der Waals surface area contributed by atoms with E-state index in [1.165, 1.54) is 0 Å². The molecule has 2 unspecified atom stereocenters. The molecule has 0 aliphatic carbocycles. The number of aryl methyl sites for hydroxylation is 2. The molecule has 0 bridgehead atoms. The Hall–Kier alpha value is -2.01. The third-order valence-corrected chi connectivity index (χ3v) is 4.68. The number of hydrogen-bond donors (Lipinski definition) is 1. The van der Waals surface area contributed by atoms with Crippen molar-refractivity contribution in [2.45, 2.75) is 32.1 Å². The van der Waals surface area contributed by atoms with Crippen LogP contribution < -0.4 is 5.32 Å². The Morgan fingerprint density at radius 1 is 1.24 bits per heavy atom. The van der Waals surface area contributed by atoms with Gasteiger partial charge in [0.15, 0.2) is 0 Å². The first-order valence-corrected chi connectivity index (χ1v) is 7.75. The second-order valence-corrected chi connectivity index (χ2v) is 6.41. The molecule has 0 radical (unpaired) electrons. The van der Waals surface area contributed by atoms with E-state index in [2.05, 4.69) is 10.3 Å². The molecule has 1 aromatic carbocycles. The highest BCUT2D eigenvalue weighted by Crippen LogP contribution is 2.39. The number of rotatable bonds is 2. The van der Waals surface area contributed by atoms with Crippen molar-refractivity contribution in [2.24, 2.45) is 0 Å². The number of imide groups is 1. The van der Waals surface area contributed by atoms with Crippen LogP contribution in [0.4, 0.5) is 0 Å². The molecule has 0 saturated carbocycles. The molecule has 3 rings (SSSR count). The predicted molar refractivity (Wildman–Crippen MR) is 81.3 cm³/mol. The van der Waals surface area contributed by atoms with Gasteiger partial charge in [0.25, 0.3) is 0 Å². The highest BCUT2D eigenvalue weighted by Gasteiger charge is 2.39. The number of carbonyl (C=O) groups excluding carboxylic acids is 2. The van der Waals surface area contributed by atoms with Gasteiger partial charge >= 0.3 is 0 Å². The van der Waals surface area contributed by atoms with E-state index >= 15 is 0 Å². The first-order chi connectivity index (χ1) is 10.1. The molecule has 4 nitrogen and oxygen atoms in total. The summed E-state index contributed by atoms with van der Waals surface area (Å²) < 4.78 is 0. The summed E-state index contributed by atoms with van der Waals surface area (Å²) in [7, 11) is 0. The number of nitrogens with zero attached hydrogens (tertiary/aromatic N) is 1. The molecule has 21 heavy (non-hydrogen) atoms. The number of hydrogen-bond acceptors (Lipinski definition) is 4. The van der Waals surface area contributed by atoms with Crippen LogP contribution in [0.1, 0.15) is 40.1 Å². The summed E-state index contributed by atoms with van der Waals surface area (Å²) in [4.78, 5) is 28.7. The smallest absolute Gasteiger partial charge is 0.234 e. The third-order valence-electron chi connectivity index (χ3n) is 3.89. The van der Waals surface area contributed by atoms with Crippen LogP contribution >= 0.6 is 11.3 Å². The minimum absolute atomic E-state index is 0.183. The van der Waals surface area contributed by atoms with E-state index in [1.807, 2.05) is 43.5 Å². The maximum absolute atomic E-state index is 12.4. The van der Waals surface area contributed by atoms with Crippen LogP contribution in [0.15, 0.2) is 29.6 Å². The van der Waals surface area contributed by atoms with Crippen LogP contribution in [0.3, 0.4) is 0 Å². The lowest BCUT2D eigenvalue weighted by Crippen LogP contribution is -2.43. The number of amides is 2. The Morgan fingerprint density at radius 2 is 2.00 bits per heavy atom. The van der Waals surface area contributed by atoms with Crippen molar-refractivity contribution in [3.05, 3.63) is 51.5 Å². The van der Waals surface area contributed by atoms with Gasteiger partial charge in [-0.1, -0.05) is 24.3 Å². The van der Waals surface area contributed by atoms with E-state index in [0.717, 1.165) is 21.8 Å². The quantitative estimate of drug-likeness (QED) is 0.867. The van der Waals surface area contributed by atoms with Gasteiger partial charge in [-0.3, -0.25) is 14.9 Å². The van der Waals surface area contributed by atoms with Crippen LogP contribution in [0.2, 0.25) is 0 Å². The van der Waals surface area contributed by atoms with E-state index in [9.17, 15) is 9.59 Å². The summed E-state index contributed by atoms with van der Waals surface area (Å²) in [5.41, 5.74) is 2.87. The molecule has 5 heteroatoms. The Balaban J connectivity index is 2.07. The molecular formula is C16H16N2O2S. The van der Waals surface area contributed by atoms with Crippen LogP contribution in [-0.4, -0.2) is 16.8 Å². The van der Waals surface area contributed by atoms with E-state index in [0.29, 0.717) is 6.42 Å². The van der Waals surface area contributed by atoms with E-state index in [1.54, 1.807) is 11.3 Å². The normalized spacial score (nSPS) is 22.2. The Bertz CT molecular complexity index is 708. The Labute approximate surface area is 127 Å². The molecule has 1 aliphatic rings. The van der Waals surface area contributed by atoms with E-state index in [-0.39, 0.29) is 23.7 Å². The molecule has 1 aliphatic heterocycles. The summed E-state index contributed by atoms with van der Waals surface area (Å²) in [6.45, 7) is 3.92. The molecular weight excluding hydrogens is 284 g/mol. The van der Waals surface area contributed by atoms with Gasteiger partial charge in [0.1, 0.15) is 0 Å². The number of thiazole rings is 1. The van der Waals surface area contributed by atoms with Crippen molar-refractivity contribution in [1.82, 2.24) is 10.3 Å². The van der Waals surface area contributed by atoms with Crippen molar-refractivity contribution in [3.8, 4) is 0 Å². The minimum atomic E-state index is -0.356. The van der Waals surface area contributed by atoms with Crippen LogP contribution in [0.5, 0.6) is 0 Å². The molecule has 1 fully saturated rings. The highest BCUT2D eigenvalue weighted by atomic mass is 32.1. The lowest BCUT2D eigenvalue weighted by Gasteiger charge is -2.30. The fraction of sp³-hybridized carbons (Fsp3) is 0.312. The lowest BCUT2D eigenvalue weighted by atomic mass is 9.77. The molecule has 1 N–H and O–H groups in total. The van der Waals surface area contributed by atoms with Crippen molar-refractivity contribution in [2.75, 3.05) is 0 Å². The summed E-state index contributed by atoms with van der Waals surface area (Å²) >= 11 is 1.55. The summed E-state index contributed by atoms with van der Waals surface area (Å²) in [6.07, 6.45) is 0.300. The first-order valence-electron chi connectivity index (χ1n) is 6.87. The maximum Gasteiger partial charge on any atom is 0.234 e. The summed E-state index contributed by atoms with van der Waals surface area (Å²) in [5.74, 6) is -0.987. The van der Waals surface area contributed by atoms with Gasteiger partial charge in [0.2, 0.25) is 11.8 Å². The molecule has 108 valence electrons. The van der Waals surface area contributed by atoms with Gasteiger partial charge < -0.3 is 0 Å². The molecule has 0 spiro atoms. The standard InChI is InChI=1S/C16H16N2O2S/c1-9-5-3-4-6-11(9)15-12(7-14(19)18-16(15)20)13-8-21-10(2)17-13/h3-6,8,12,15H,7H2,1-2H3,(H,18,19,20). The van der Waals surface area contributed by atoms with Gasteiger partial charge in [-0.25, -0.2) is 4.98 Å². The number of piperidine rings is 1. The lowest BCUT2D eigenvalue weighted by molar-refractivity contribution is -0.135. The molecule has 2 atom stereocenters. The van der Waals surface area contributed by atoms with Crippen molar-refractivity contribution in [3.63, 3.8) is 0 Å². The number of benzene rings is 1. The van der Waals surface area contributed by atoms with Crippen molar-refractivity contribution >= 4 is 23.2 Å². The van der Waals surface area contributed by atoms with Crippen molar-refractivity contribution < 1.29 is 9.59 Å². The summed E-state index contributed by atoms with van der Waals surface area (Å²) in [5, 5.41) is 5.37. The van der Waals surface area contributed by atoms with Crippen molar-refractivity contribution in [1.29, 1.82) is 0 Å². The maximum atomic E-state index is 12.4. The monoisotopic (exact) mass is 300 g/mol. The van der Waals surface area contributed by atoms with E-state index in [4.69, 9.17) is 0 Å². The van der Waals surface area contributed by atoms with Gasteiger partial charge in [0, 0.05) is 17.7 Å². The van der Waals surface area contributed by atoms with Gasteiger partial charge in [0.05, 0.1) is 16.6 Å². The Morgan fingerprint density at radius 3 is 2.67 bits per heavy atom. The first kappa shape index (κ1) is 13.9. The van der Waals surface area contributed by atoms with Crippen LogP contribution in [0.25, 0.3) is 0 Å². The largest absolute Gasteiger partial charge is 0.296 e. The average molecular weight is 300 g/mol. The Kier molecular flexibility index (Phi) is 3.59. The zero-order chi connectivity index (χ0) is 15.0. The fourth-order valence-corrected chi connectivity index (χ4v) is 3.56. The van der Waals surface area contributed by atoms with Gasteiger partial charge in [-0.15, -0.1) is 11.3 Å². The number of nitrogens with one attached hydrogen (secondary N) is 1. The zero-order valence-corrected chi connectivity index (χ0v) is 12.7. The second-order valence-electron chi connectivity index (χ2n) is 5.35. The van der Waals surface area contributed by atoms with Gasteiger partial charge in [-0.05, 0) is 25.0 Å². The molecule has 2 aromatic rings. The number of carbonyl (C=O) groups is 2. The number of aromatic nitrogens is 1. The SMILES string of the molecule is Cc1nc(C2CC(=O)NC(=O)C2c2ccccc2C)cs1.